The van der Waals surface area contributed by atoms with Gasteiger partial charge in [0.2, 0.25) is 0 Å². The molecule has 118 valence electrons. The van der Waals surface area contributed by atoms with E-state index in [4.69, 9.17) is 4.74 Å². The van der Waals surface area contributed by atoms with Crippen molar-refractivity contribution in [3.8, 4) is 5.75 Å². The molecule has 0 saturated heterocycles. The quantitative estimate of drug-likeness (QED) is 0.776. The molecule has 2 aromatic heterocycles. The van der Waals surface area contributed by atoms with Crippen molar-refractivity contribution in [3.05, 3.63) is 47.7 Å². The van der Waals surface area contributed by atoms with Gasteiger partial charge in [-0.2, -0.15) is 0 Å². The highest BCUT2D eigenvalue weighted by atomic mass is 19.1. The lowest BCUT2D eigenvalue weighted by Gasteiger charge is -2.27. The number of anilines is 1. The predicted molar refractivity (Wildman–Crippen MR) is 86.1 cm³/mol. The van der Waals surface area contributed by atoms with Gasteiger partial charge in [-0.05, 0) is 18.1 Å². The maximum absolute atomic E-state index is 13.9. The number of halogens is 1. The van der Waals surface area contributed by atoms with E-state index in [9.17, 15) is 4.39 Å². The van der Waals surface area contributed by atoms with Crippen LogP contribution in [0.2, 0.25) is 0 Å². The van der Waals surface area contributed by atoms with Crippen molar-refractivity contribution in [2.75, 3.05) is 11.9 Å². The van der Waals surface area contributed by atoms with E-state index in [1.807, 2.05) is 12.3 Å². The molecule has 6 heteroatoms. The van der Waals surface area contributed by atoms with Crippen molar-refractivity contribution in [1.82, 2.24) is 15.0 Å². The number of rotatable bonds is 3. The zero-order valence-corrected chi connectivity index (χ0v) is 12.8. The molecular formula is C17H17FN4O. The average molecular weight is 312 g/mol. The molecule has 1 aliphatic heterocycles. The van der Waals surface area contributed by atoms with Crippen LogP contribution in [0.25, 0.3) is 11.0 Å². The number of para-hydroxylation sites is 1. The van der Waals surface area contributed by atoms with Crippen molar-refractivity contribution < 1.29 is 9.13 Å². The molecule has 2 N–H and O–H groups in total. The highest BCUT2D eigenvalue weighted by Crippen LogP contribution is 2.37. The number of H-pyrrole nitrogens is 1. The van der Waals surface area contributed by atoms with Crippen molar-refractivity contribution in [2.24, 2.45) is 0 Å². The number of aromatic nitrogens is 3. The van der Waals surface area contributed by atoms with Gasteiger partial charge in [0.1, 0.15) is 17.8 Å². The van der Waals surface area contributed by atoms with E-state index >= 15 is 0 Å². The molecule has 1 atom stereocenters. The third kappa shape index (κ3) is 2.30. The first-order valence-electron chi connectivity index (χ1n) is 7.76. The van der Waals surface area contributed by atoms with Gasteiger partial charge in [0.25, 0.3) is 0 Å². The fourth-order valence-electron chi connectivity index (χ4n) is 3.12. The monoisotopic (exact) mass is 312 g/mol. The van der Waals surface area contributed by atoms with E-state index in [0.717, 1.165) is 40.8 Å². The molecule has 3 heterocycles. The average Bonchev–Trinajstić information content (AvgIpc) is 3.00. The second-order valence-corrected chi connectivity index (χ2v) is 5.61. The maximum Gasteiger partial charge on any atom is 0.165 e. The number of hydrogen-bond acceptors (Lipinski definition) is 4. The van der Waals surface area contributed by atoms with Crippen LogP contribution in [0.4, 0.5) is 10.2 Å². The Kier molecular flexibility index (Phi) is 3.37. The first-order valence-corrected chi connectivity index (χ1v) is 7.76. The Morgan fingerprint density at radius 2 is 2.30 bits per heavy atom. The Morgan fingerprint density at radius 1 is 1.39 bits per heavy atom. The minimum atomic E-state index is -0.322. The second-order valence-electron chi connectivity index (χ2n) is 5.61. The molecule has 5 nitrogen and oxygen atoms in total. The molecule has 0 bridgehead atoms. The number of aromatic amines is 1. The number of fused-ring (bicyclic) bond motifs is 2. The molecule has 1 aromatic carbocycles. The minimum Gasteiger partial charge on any atom is -0.490 e. The van der Waals surface area contributed by atoms with Gasteiger partial charge in [0.05, 0.1) is 18.0 Å². The van der Waals surface area contributed by atoms with Gasteiger partial charge in [0, 0.05) is 18.2 Å². The summed E-state index contributed by atoms with van der Waals surface area (Å²) in [5.74, 6) is 0.791. The van der Waals surface area contributed by atoms with Gasteiger partial charge in [-0.25, -0.2) is 14.4 Å². The van der Waals surface area contributed by atoms with E-state index in [-0.39, 0.29) is 11.9 Å². The molecule has 0 aliphatic carbocycles. The summed E-state index contributed by atoms with van der Waals surface area (Å²) in [6.07, 6.45) is 5.14. The van der Waals surface area contributed by atoms with Crippen LogP contribution in [-0.4, -0.2) is 21.6 Å². The summed E-state index contributed by atoms with van der Waals surface area (Å²) in [5.41, 5.74) is 2.80. The van der Waals surface area contributed by atoms with Crippen LogP contribution in [0.15, 0.2) is 30.7 Å². The van der Waals surface area contributed by atoms with E-state index in [1.54, 1.807) is 6.07 Å². The van der Waals surface area contributed by atoms with Crippen molar-refractivity contribution in [1.29, 1.82) is 0 Å². The van der Waals surface area contributed by atoms with Crippen LogP contribution < -0.4 is 10.1 Å². The molecule has 1 aliphatic rings. The van der Waals surface area contributed by atoms with Crippen LogP contribution in [0, 0.1) is 5.82 Å². The van der Waals surface area contributed by atoms with E-state index < -0.39 is 0 Å². The number of benzene rings is 1. The Balaban J connectivity index is 1.75. The van der Waals surface area contributed by atoms with Crippen molar-refractivity contribution in [3.63, 3.8) is 0 Å². The summed E-state index contributed by atoms with van der Waals surface area (Å²) in [6.45, 7) is 2.58. The number of nitrogens with one attached hydrogen (secondary N) is 2. The topological polar surface area (TPSA) is 62.8 Å². The molecular weight excluding hydrogens is 295 g/mol. The normalized spacial score (nSPS) is 16.9. The first-order chi connectivity index (χ1) is 11.3. The predicted octanol–water partition coefficient (Wildman–Crippen LogP) is 3.60. The van der Waals surface area contributed by atoms with Crippen molar-refractivity contribution >= 4 is 16.9 Å². The standard InChI is InChI=1S/C17H17FN4O/c1-2-10-8-19-16-14(10)17(21-9-20-16)22-13-6-7-23-15-11(13)4-3-5-12(15)18/h3-5,8-9,13H,2,6-7H2,1H3,(H2,19,20,21,22)/t13-/m0/s1. The number of nitrogens with zero attached hydrogens (tertiary/aromatic N) is 2. The molecule has 3 aromatic rings. The van der Waals surface area contributed by atoms with Crippen LogP contribution >= 0.6 is 0 Å². The minimum absolute atomic E-state index is 0.0350. The largest absolute Gasteiger partial charge is 0.490 e. The summed E-state index contributed by atoms with van der Waals surface area (Å²) < 4.78 is 19.4. The summed E-state index contributed by atoms with van der Waals surface area (Å²) in [7, 11) is 0. The number of ether oxygens (including phenoxy) is 1. The fraction of sp³-hybridized carbons (Fsp3) is 0.294. The summed E-state index contributed by atoms with van der Waals surface area (Å²) in [5, 5.41) is 4.45. The van der Waals surface area contributed by atoms with E-state index in [1.165, 1.54) is 12.4 Å². The molecule has 23 heavy (non-hydrogen) atoms. The molecule has 0 amide bonds. The summed E-state index contributed by atoms with van der Waals surface area (Å²) in [6, 6.07) is 4.99. The summed E-state index contributed by atoms with van der Waals surface area (Å²) >= 11 is 0. The third-order valence-corrected chi connectivity index (χ3v) is 4.27. The molecule has 0 unspecified atom stereocenters. The Hall–Kier alpha value is -2.63. The van der Waals surface area contributed by atoms with Crippen LogP contribution in [-0.2, 0) is 6.42 Å². The molecule has 0 spiro atoms. The van der Waals surface area contributed by atoms with Crippen LogP contribution in [0.1, 0.15) is 30.5 Å². The lowest BCUT2D eigenvalue weighted by atomic mass is 10.00. The molecule has 0 saturated carbocycles. The molecule has 0 fully saturated rings. The highest BCUT2D eigenvalue weighted by Gasteiger charge is 2.25. The highest BCUT2D eigenvalue weighted by molar-refractivity contribution is 5.90. The fourth-order valence-corrected chi connectivity index (χ4v) is 3.12. The van der Waals surface area contributed by atoms with E-state index in [0.29, 0.717) is 12.4 Å². The lowest BCUT2D eigenvalue weighted by molar-refractivity contribution is 0.260. The Labute approximate surface area is 132 Å². The van der Waals surface area contributed by atoms with Crippen molar-refractivity contribution in [2.45, 2.75) is 25.8 Å². The van der Waals surface area contributed by atoms with Crippen LogP contribution in [0.3, 0.4) is 0 Å². The van der Waals surface area contributed by atoms with Gasteiger partial charge >= 0.3 is 0 Å². The molecule has 4 rings (SSSR count). The Morgan fingerprint density at radius 3 is 3.17 bits per heavy atom. The van der Waals surface area contributed by atoms with Crippen LogP contribution in [0.5, 0.6) is 5.75 Å². The number of hydrogen-bond donors (Lipinski definition) is 2. The zero-order chi connectivity index (χ0) is 15.8. The second kappa shape index (κ2) is 5.53. The summed E-state index contributed by atoms with van der Waals surface area (Å²) in [4.78, 5) is 11.8. The lowest BCUT2D eigenvalue weighted by Crippen LogP contribution is -2.21. The smallest absolute Gasteiger partial charge is 0.165 e. The van der Waals surface area contributed by atoms with Gasteiger partial charge in [-0.1, -0.05) is 19.1 Å². The van der Waals surface area contributed by atoms with Gasteiger partial charge < -0.3 is 15.0 Å². The third-order valence-electron chi connectivity index (χ3n) is 4.27. The van der Waals surface area contributed by atoms with Gasteiger partial charge in [-0.3, -0.25) is 0 Å². The molecule has 0 radical (unpaired) electrons. The van der Waals surface area contributed by atoms with Gasteiger partial charge in [0.15, 0.2) is 11.6 Å². The van der Waals surface area contributed by atoms with E-state index in [2.05, 4.69) is 27.2 Å². The maximum atomic E-state index is 13.9. The SMILES string of the molecule is CCc1c[nH]c2ncnc(N[C@H]3CCOc4c(F)cccc43)c12. The zero-order valence-electron chi connectivity index (χ0n) is 12.8. The number of aryl methyl sites for hydroxylation is 1. The first kappa shape index (κ1) is 14.0. The Bertz CT molecular complexity index is 861. The van der Waals surface area contributed by atoms with Gasteiger partial charge in [-0.15, -0.1) is 0 Å².